The number of nitrogen functional groups attached to an aromatic ring is 1. The lowest BCUT2D eigenvalue weighted by Gasteiger charge is -2.20. The molecule has 3 N–H and O–H groups in total. The first-order chi connectivity index (χ1) is 11.7. The minimum absolute atomic E-state index is 0.0475. The zero-order valence-corrected chi connectivity index (χ0v) is 15.2. The Hall–Kier alpha value is -1.54. The average Bonchev–Trinajstić information content (AvgIpc) is 3.17. The maximum absolute atomic E-state index is 12.2. The minimum atomic E-state index is 0.0475. The van der Waals surface area contributed by atoms with Crippen molar-refractivity contribution in [2.75, 3.05) is 11.6 Å². The second-order valence-electron chi connectivity index (χ2n) is 6.05. The van der Waals surface area contributed by atoms with Gasteiger partial charge in [-0.3, -0.25) is 4.79 Å². The quantitative estimate of drug-likeness (QED) is 0.628. The Morgan fingerprint density at radius 3 is 2.75 bits per heavy atom. The van der Waals surface area contributed by atoms with Gasteiger partial charge in [0.15, 0.2) is 5.82 Å². The summed E-state index contributed by atoms with van der Waals surface area (Å²) in [6.07, 6.45) is 8.48. The molecule has 1 saturated carbocycles. The van der Waals surface area contributed by atoms with Crippen LogP contribution in [0.2, 0.25) is 0 Å². The van der Waals surface area contributed by atoms with Crippen molar-refractivity contribution in [1.29, 1.82) is 0 Å². The number of carbonyl (C=O) groups is 1. The van der Waals surface area contributed by atoms with Gasteiger partial charge in [0.25, 0.3) is 0 Å². The highest BCUT2D eigenvalue weighted by molar-refractivity contribution is 7.99. The maximum atomic E-state index is 12.2. The van der Waals surface area contributed by atoms with Gasteiger partial charge in [-0.05, 0) is 24.3 Å². The fourth-order valence-corrected chi connectivity index (χ4v) is 4.32. The molecule has 8 heteroatoms. The predicted molar refractivity (Wildman–Crippen MR) is 98.5 cm³/mol. The van der Waals surface area contributed by atoms with E-state index in [1.807, 2.05) is 17.5 Å². The number of thiophene rings is 1. The van der Waals surface area contributed by atoms with E-state index in [1.165, 1.54) is 48.5 Å². The van der Waals surface area contributed by atoms with Gasteiger partial charge in [-0.2, -0.15) is 0 Å². The molecule has 0 aromatic carbocycles. The van der Waals surface area contributed by atoms with E-state index in [4.69, 9.17) is 5.84 Å². The number of nitrogens with zero attached hydrogens (tertiary/aromatic N) is 3. The molecule has 24 heavy (non-hydrogen) atoms. The van der Waals surface area contributed by atoms with Crippen molar-refractivity contribution < 1.29 is 4.79 Å². The fraction of sp³-hybridized carbons (Fsp3) is 0.562. The Morgan fingerprint density at radius 1 is 1.29 bits per heavy atom. The van der Waals surface area contributed by atoms with Crippen LogP contribution in [-0.2, 0) is 4.79 Å². The molecule has 3 rings (SSSR count). The van der Waals surface area contributed by atoms with E-state index in [-0.39, 0.29) is 5.91 Å². The summed E-state index contributed by atoms with van der Waals surface area (Å²) in [5.74, 6) is 7.04. The lowest BCUT2D eigenvalue weighted by Crippen LogP contribution is -2.36. The average molecular weight is 366 g/mol. The van der Waals surface area contributed by atoms with Crippen LogP contribution < -0.4 is 11.2 Å². The Labute approximate surface area is 150 Å². The van der Waals surface area contributed by atoms with E-state index in [2.05, 4.69) is 15.5 Å². The minimum Gasteiger partial charge on any atom is -0.353 e. The molecule has 0 radical (unpaired) electrons. The molecule has 2 aromatic rings. The summed E-state index contributed by atoms with van der Waals surface area (Å²) in [7, 11) is 0. The van der Waals surface area contributed by atoms with Gasteiger partial charge < -0.3 is 11.2 Å². The Morgan fingerprint density at radius 2 is 2.04 bits per heavy atom. The van der Waals surface area contributed by atoms with Gasteiger partial charge in [0.1, 0.15) is 0 Å². The molecule has 2 aromatic heterocycles. The van der Waals surface area contributed by atoms with Crippen LogP contribution in [0, 0.1) is 0 Å². The number of hydrogen-bond donors (Lipinski definition) is 2. The standard InChI is InChI=1S/C16H23N5OS2/c17-21-15(13-9-6-10-23-13)19-20-16(21)24-11-14(22)18-12-7-4-2-1-3-5-8-12/h6,9-10,12H,1-5,7-8,11,17H2,(H,18,22). The molecule has 1 aliphatic rings. The van der Waals surface area contributed by atoms with E-state index >= 15 is 0 Å². The number of carbonyl (C=O) groups excluding carboxylic acids is 1. The topological polar surface area (TPSA) is 85.8 Å². The summed E-state index contributed by atoms with van der Waals surface area (Å²) < 4.78 is 1.46. The summed E-state index contributed by atoms with van der Waals surface area (Å²) >= 11 is 2.89. The van der Waals surface area contributed by atoms with Crippen LogP contribution in [0.25, 0.3) is 10.7 Å². The summed E-state index contributed by atoms with van der Waals surface area (Å²) in [6, 6.07) is 4.22. The van der Waals surface area contributed by atoms with Crippen LogP contribution in [0.5, 0.6) is 0 Å². The van der Waals surface area contributed by atoms with Crippen LogP contribution in [0.3, 0.4) is 0 Å². The summed E-state index contributed by atoms with van der Waals surface area (Å²) in [6.45, 7) is 0. The second kappa shape index (κ2) is 8.53. The van der Waals surface area contributed by atoms with E-state index in [9.17, 15) is 4.79 Å². The largest absolute Gasteiger partial charge is 0.353 e. The van der Waals surface area contributed by atoms with Gasteiger partial charge >= 0.3 is 0 Å². The highest BCUT2D eigenvalue weighted by Gasteiger charge is 2.17. The summed E-state index contributed by atoms with van der Waals surface area (Å²) in [5, 5.41) is 13.9. The molecule has 1 fully saturated rings. The van der Waals surface area contributed by atoms with E-state index in [1.54, 1.807) is 11.3 Å². The van der Waals surface area contributed by atoms with Crippen LogP contribution in [0.1, 0.15) is 44.9 Å². The van der Waals surface area contributed by atoms with Crippen molar-refractivity contribution in [1.82, 2.24) is 20.2 Å². The maximum Gasteiger partial charge on any atom is 0.230 e. The highest BCUT2D eigenvalue weighted by Crippen LogP contribution is 2.25. The number of nitrogens with two attached hydrogens (primary N) is 1. The van der Waals surface area contributed by atoms with Crippen molar-refractivity contribution in [3.8, 4) is 10.7 Å². The third kappa shape index (κ3) is 4.51. The number of nitrogens with one attached hydrogen (secondary N) is 1. The molecule has 1 amide bonds. The third-order valence-corrected chi connectivity index (χ3v) is 6.02. The van der Waals surface area contributed by atoms with Gasteiger partial charge in [-0.1, -0.05) is 49.9 Å². The molecule has 1 aliphatic carbocycles. The second-order valence-corrected chi connectivity index (χ2v) is 7.94. The number of rotatable bonds is 5. The molecule has 0 atom stereocenters. The Balaban J connectivity index is 1.51. The third-order valence-electron chi connectivity index (χ3n) is 4.21. The first-order valence-corrected chi connectivity index (χ1v) is 10.3. The van der Waals surface area contributed by atoms with Gasteiger partial charge in [0.2, 0.25) is 11.1 Å². The smallest absolute Gasteiger partial charge is 0.230 e. The molecule has 0 spiro atoms. The van der Waals surface area contributed by atoms with Crippen molar-refractivity contribution in [3.05, 3.63) is 17.5 Å². The SMILES string of the molecule is Nn1c(SCC(=O)NC2CCCCCCC2)nnc1-c1cccs1. The number of amides is 1. The summed E-state index contributed by atoms with van der Waals surface area (Å²) in [5.41, 5.74) is 0. The molecule has 0 bridgehead atoms. The van der Waals surface area contributed by atoms with Crippen LogP contribution in [0.15, 0.2) is 22.7 Å². The van der Waals surface area contributed by atoms with E-state index in [0.717, 1.165) is 17.7 Å². The zero-order chi connectivity index (χ0) is 16.8. The number of thioether (sulfide) groups is 1. The molecule has 0 aliphatic heterocycles. The normalized spacial score (nSPS) is 16.5. The van der Waals surface area contributed by atoms with E-state index < -0.39 is 0 Å². The Bertz CT molecular complexity index is 647. The van der Waals surface area contributed by atoms with Gasteiger partial charge in [-0.25, -0.2) is 4.68 Å². The van der Waals surface area contributed by atoms with Crippen molar-refractivity contribution in [3.63, 3.8) is 0 Å². The molecule has 130 valence electrons. The lowest BCUT2D eigenvalue weighted by atomic mass is 9.97. The van der Waals surface area contributed by atoms with Crippen molar-refractivity contribution in [2.45, 2.75) is 56.1 Å². The van der Waals surface area contributed by atoms with Crippen LogP contribution in [-0.4, -0.2) is 32.6 Å². The van der Waals surface area contributed by atoms with Crippen LogP contribution >= 0.6 is 23.1 Å². The predicted octanol–water partition coefficient (Wildman–Crippen LogP) is 3.04. The van der Waals surface area contributed by atoms with Crippen molar-refractivity contribution >= 4 is 29.0 Å². The van der Waals surface area contributed by atoms with E-state index in [0.29, 0.717) is 22.8 Å². The monoisotopic (exact) mass is 365 g/mol. The molecule has 0 saturated heterocycles. The molecular formula is C16H23N5OS2. The molecule has 2 heterocycles. The molecular weight excluding hydrogens is 342 g/mol. The summed E-state index contributed by atoms with van der Waals surface area (Å²) in [4.78, 5) is 13.2. The molecule has 0 unspecified atom stereocenters. The number of aromatic nitrogens is 3. The fourth-order valence-electron chi connectivity index (χ4n) is 2.95. The Kier molecular flexibility index (Phi) is 6.14. The highest BCUT2D eigenvalue weighted by atomic mass is 32.2. The number of hydrogen-bond acceptors (Lipinski definition) is 6. The lowest BCUT2D eigenvalue weighted by molar-refractivity contribution is -0.119. The van der Waals surface area contributed by atoms with Crippen molar-refractivity contribution in [2.24, 2.45) is 0 Å². The van der Waals surface area contributed by atoms with Gasteiger partial charge in [-0.15, -0.1) is 21.5 Å². The van der Waals surface area contributed by atoms with Gasteiger partial charge in [0, 0.05) is 6.04 Å². The zero-order valence-electron chi connectivity index (χ0n) is 13.6. The van der Waals surface area contributed by atoms with Crippen LogP contribution in [0.4, 0.5) is 0 Å². The first kappa shape index (κ1) is 17.3. The first-order valence-electron chi connectivity index (χ1n) is 8.40. The van der Waals surface area contributed by atoms with Gasteiger partial charge in [0.05, 0.1) is 10.6 Å². The molecule has 6 nitrogen and oxygen atoms in total.